The number of hydrogen-bond acceptors (Lipinski definition) is 1. The van der Waals surface area contributed by atoms with Gasteiger partial charge in [-0.3, -0.25) is 0 Å². The Morgan fingerprint density at radius 3 is 2.58 bits per heavy atom. The Morgan fingerprint density at radius 2 is 1.95 bits per heavy atom. The van der Waals surface area contributed by atoms with Crippen LogP contribution >= 0.6 is 11.6 Å². The third-order valence-electron chi connectivity index (χ3n) is 4.22. The van der Waals surface area contributed by atoms with Gasteiger partial charge in [-0.15, -0.1) is 0 Å². The summed E-state index contributed by atoms with van der Waals surface area (Å²) < 4.78 is 13.1. The second-order valence-electron chi connectivity index (χ2n) is 5.67. The molecule has 1 aliphatic rings. The predicted molar refractivity (Wildman–Crippen MR) is 78.9 cm³/mol. The maximum atomic E-state index is 13.1. The van der Waals surface area contributed by atoms with Crippen LogP contribution in [0.5, 0.6) is 0 Å². The number of hydrogen-bond donors (Lipinski definition) is 1. The molecule has 0 unspecified atom stereocenters. The van der Waals surface area contributed by atoms with Gasteiger partial charge in [-0.25, -0.2) is 4.39 Å². The Hall–Kier alpha value is -0.600. The molecule has 1 aromatic carbocycles. The average Bonchev–Trinajstić information content (AvgIpc) is 2.69. The molecule has 0 radical (unpaired) electrons. The molecule has 0 spiro atoms. The van der Waals surface area contributed by atoms with Crippen LogP contribution in [0.4, 0.5) is 4.39 Å². The monoisotopic (exact) mass is 283 g/mol. The van der Waals surface area contributed by atoms with Gasteiger partial charge in [0.25, 0.3) is 0 Å². The molecule has 3 heteroatoms. The standard InChI is InChI=1S/C16H23ClFN/c1-12(14-6-4-2-3-5-7-14)19-11-13-8-9-16(18)15(17)10-13/h8-10,12,14,19H,2-7,11H2,1H3/t12-/m1/s1. The summed E-state index contributed by atoms with van der Waals surface area (Å²) in [4.78, 5) is 0. The lowest BCUT2D eigenvalue weighted by Gasteiger charge is -2.23. The van der Waals surface area contributed by atoms with Crippen LogP contribution in [0.3, 0.4) is 0 Å². The van der Waals surface area contributed by atoms with Crippen LogP contribution in [-0.2, 0) is 6.54 Å². The van der Waals surface area contributed by atoms with Gasteiger partial charge in [0.2, 0.25) is 0 Å². The molecule has 1 saturated carbocycles. The number of halogens is 2. The summed E-state index contributed by atoms with van der Waals surface area (Å²) in [6, 6.07) is 5.47. The van der Waals surface area contributed by atoms with Gasteiger partial charge in [-0.05, 0) is 43.4 Å². The number of nitrogens with one attached hydrogen (secondary N) is 1. The lowest BCUT2D eigenvalue weighted by molar-refractivity contribution is 0.336. The highest BCUT2D eigenvalue weighted by Crippen LogP contribution is 2.25. The first kappa shape index (κ1) is 14.8. The summed E-state index contributed by atoms with van der Waals surface area (Å²) >= 11 is 5.80. The minimum Gasteiger partial charge on any atom is -0.310 e. The fraction of sp³-hybridized carbons (Fsp3) is 0.625. The van der Waals surface area contributed by atoms with E-state index in [1.54, 1.807) is 12.1 Å². The second kappa shape index (κ2) is 7.25. The van der Waals surface area contributed by atoms with Gasteiger partial charge in [0.1, 0.15) is 5.82 Å². The zero-order valence-corrected chi connectivity index (χ0v) is 12.3. The van der Waals surface area contributed by atoms with Crippen LogP contribution in [-0.4, -0.2) is 6.04 Å². The lowest BCUT2D eigenvalue weighted by atomic mass is 9.93. The molecule has 1 aliphatic carbocycles. The highest BCUT2D eigenvalue weighted by Gasteiger charge is 2.18. The van der Waals surface area contributed by atoms with Crippen molar-refractivity contribution >= 4 is 11.6 Å². The maximum Gasteiger partial charge on any atom is 0.141 e. The first-order valence-electron chi connectivity index (χ1n) is 7.34. The van der Waals surface area contributed by atoms with Crippen LogP contribution in [0, 0.1) is 11.7 Å². The molecular weight excluding hydrogens is 261 g/mol. The van der Waals surface area contributed by atoms with E-state index in [9.17, 15) is 4.39 Å². The topological polar surface area (TPSA) is 12.0 Å². The van der Waals surface area contributed by atoms with Crippen molar-refractivity contribution < 1.29 is 4.39 Å². The Morgan fingerprint density at radius 1 is 1.26 bits per heavy atom. The zero-order valence-electron chi connectivity index (χ0n) is 11.6. The van der Waals surface area contributed by atoms with E-state index >= 15 is 0 Å². The Bertz CT molecular complexity index is 400. The van der Waals surface area contributed by atoms with E-state index in [0.29, 0.717) is 6.04 Å². The van der Waals surface area contributed by atoms with Crippen LogP contribution in [0.25, 0.3) is 0 Å². The summed E-state index contributed by atoms with van der Waals surface area (Å²) in [5.74, 6) is 0.431. The summed E-state index contributed by atoms with van der Waals surface area (Å²) in [6.45, 7) is 3.03. The van der Waals surface area contributed by atoms with Crippen molar-refractivity contribution in [3.05, 3.63) is 34.6 Å². The highest BCUT2D eigenvalue weighted by atomic mass is 35.5. The molecule has 1 atom stereocenters. The molecule has 1 nitrogen and oxygen atoms in total. The molecule has 1 fully saturated rings. The minimum atomic E-state index is -0.345. The van der Waals surface area contributed by atoms with E-state index in [2.05, 4.69) is 12.2 Å². The van der Waals surface area contributed by atoms with E-state index < -0.39 is 0 Å². The molecule has 0 saturated heterocycles. The van der Waals surface area contributed by atoms with E-state index in [1.807, 2.05) is 0 Å². The third-order valence-corrected chi connectivity index (χ3v) is 4.51. The normalized spacial score (nSPS) is 19.1. The molecule has 19 heavy (non-hydrogen) atoms. The first-order valence-corrected chi connectivity index (χ1v) is 7.72. The third kappa shape index (κ3) is 4.47. The van der Waals surface area contributed by atoms with Crippen molar-refractivity contribution in [3.8, 4) is 0 Å². The Labute approximate surface area is 120 Å². The summed E-state index contributed by atoms with van der Waals surface area (Å²) in [5, 5.41) is 3.77. The molecule has 1 N–H and O–H groups in total. The molecule has 106 valence electrons. The van der Waals surface area contributed by atoms with Gasteiger partial charge in [-0.1, -0.05) is 43.4 Å². The van der Waals surface area contributed by atoms with Gasteiger partial charge >= 0.3 is 0 Å². The van der Waals surface area contributed by atoms with Gasteiger partial charge in [0.15, 0.2) is 0 Å². The van der Waals surface area contributed by atoms with Crippen LogP contribution in [0.1, 0.15) is 51.0 Å². The van der Waals surface area contributed by atoms with E-state index in [4.69, 9.17) is 11.6 Å². The average molecular weight is 284 g/mol. The molecule has 1 aromatic rings. The molecule has 0 aromatic heterocycles. The first-order chi connectivity index (χ1) is 9.16. The van der Waals surface area contributed by atoms with Crippen molar-refractivity contribution in [1.82, 2.24) is 5.32 Å². The van der Waals surface area contributed by atoms with Gasteiger partial charge in [0, 0.05) is 12.6 Å². The van der Waals surface area contributed by atoms with Crippen LogP contribution < -0.4 is 5.32 Å². The van der Waals surface area contributed by atoms with Gasteiger partial charge in [0.05, 0.1) is 5.02 Å². The molecule has 0 amide bonds. The molecule has 0 heterocycles. The molecule has 2 rings (SSSR count). The van der Waals surface area contributed by atoms with Crippen LogP contribution in [0.2, 0.25) is 5.02 Å². The molecule has 0 aliphatic heterocycles. The van der Waals surface area contributed by atoms with Gasteiger partial charge in [-0.2, -0.15) is 0 Å². The SMILES string of the molecule is C[C@@H](NCc1ccc(F)c(Cl)c1)C1CCCCCC1. The fourth-order valence-corrected chi connectivity index (χ4v) is 3.11. The zero-order chi connectivity index (χ0) is 13.7. The van der Waals surface area contributed by atoms with Crippen molar-refractivity contribution in [3.63, 3.8) is 0 Å². The van der Waals surface area contributed by atoms with Crippen molar-refractivity contribution in [2.75, 3.05) is 0 Å². The summed E-state index contributed by atoms with van der Waals surface area (Å²) in [7, 11) is 0. The van der Waals surface area contributed by atoms with Crippen LogP contribution in [0.15, 0.2) is 18.2 Å². The highest BCUT2D eigenvalue weighted by molar-refractivity contribution is 6.30. The van der Waals surface area contributed by atoms with Crippen molar-refractivity contribution in [1.29, 1.82) is 0 Å². The van der Waals surface area contributed by atoms with E-state index in [0.717, 1.165) is 18.0 Å². The van der Waals surface area contributed by atoms with Crippen molar-refractivity contribution in [2.24, 2.45) is 5.92 Å². The second-order valence-corrected chi connectivity index (χ2v) is 6.08. The predicted octanol–water partition coefficient (Wildman–Crippen LogP) is 4.93. The van der Waals surface area contributed by atoms with Gasteiger partial charge < -0.3 is 5.32 Å². The Kier molecular flexibility index (Phi) is 5.65. The maximum absolute atomic E-state index is 13.1. The minimum absolute atomic E-state index is 0.210. The van der Waals surface area contributed by atoms with Crippen molar-refractivity contribution in [2.45, 2.75) is 58.0 Å². The molecular formula is C16H23ClFN. The number of rotatable bonds is 4. The Balaban J connectivity index is 1.84. The quantitative estimate of drug-likeness (QED) is 0.773. The largest absolute Gasteiger partial charge is 0.310 e. The fourth-order valence-electron chi connectivity index (χ4n) is 2.91. The molecule has 0 bridgehead atoms. The number of benzene rings is 1. The summed E-state index contributed by atoms with van der Waals surface area (Å²) in [5.41, 5.74) is 1.05. The van der Waals surface area contributed by atoms with E-state index in [1.165, 1.54) is 44.6 Å². The lowest BCUT2D eigenvalue weighted by Crippen LogP contribution is -2.32. The van der Waals surface area contributed by atoms with E-state index in [-0.39, 0.29) is 10.8 Å². The summed E-state index contributed by atoms with van der Waals surface area (Å²) in [6.07, 6.45) is 8.16. The smallest absolute Gasteiger partial charge is 0.141 e.